The molecule has 1 aromatic carbocycles. The number of ketones is 1. The first-order valence-corrected chi connectivity index (χ1v) is 6.27. The molecule has 0 bridgehead atoms. The van der Waals surface area contributed by atoms with Gasteiger partial charge in [-0.15, -0.1) is 0 Å². The number of aliphatic hydroxyl groups excluding tert-OH is 1. The Morgan fingerprint density at radius 2 is 2.06 bits per heavy atom. The van der Waals surface area contributed by atoms with E-state index in [1.165, 1.54) is 11.6 Å². The molecule has 0 saturated heterocycles. The molecule has 18 heavy (non-hydrogen) atoms. The van der Waals surface area contributed by atoms with E-state index in [2.05, 4.69) is 21.0 Å². The maximum absolute atomic E-state index is 11.5. The summed E-state index contributed by atoms with van der Waals surface area (Å²) in [7, 11) is 1.72. The van der Waals surface area contributed by atoms with E-state index in [4.69, 9.17) is 0 Å². The van der Waals surface area contributed by atoms with Crippen molar-refractivity contribution in [2.75, 3.05) is 0 Å². The molecule has 0 aliphatic rings. The zero-order valence-corrected chi connectivity index (χ0v) is 11.7. The summed E-state index contributed by atoms with van der Waals surface area (Å²) >= 11 is 3.39. The number of hydrogen-bond donors (Lipinski definition) is 1. The lowest BCUT2D eigenvalue weighted by Gasteiger charge is -2.12. The standard InChI is InChI=1S/C13H13BrN2O2/c1-8(17)12-10(7-16(2)15-12)13(18)9-5-3-4-6-11(9)14/h3-7,13,18H,1-2H3. The number of carbonyl (C=O) groups is 1. The highest BCUT2D eigenvalue weighted by molar-refractivity contribution is 9.10. The second-order valence-electron chi connectivity index (χ2n) is 4.09. The predicted molar refractivity (Wildman–Crippen MR) is 71.4 cm³/mol. The van der Waals surface area contributed by atoms with Crippen LogP contribution < -0.4 is 0 Å². The summed E-state index contributed by atoms with van der Waals surface area (Å²) in [6.45, 7) is 1.44. The summed E-state index contributed by atoms with van der Waals surface area (Å²) in [5, 5.41) is 14.5. The minimum absolute atomic E-state index is 0.156. The van der Waals surface area contributed by atoms with Crippen molar-refractivity contribution in [1.82, 2.24) is 9.78 Å². The summed E-state index contributed by atoms with van der Waals surface area (Å²) in [5.41, 5.74) is 1.55. The highest BCUT2D eigenvalue weighted by Gasteiger charge is 2.21. The first-order valence-electron chi connectivity index (χ1n) is 5.47. The van der Waals surface area contributed by atoms with Crippen LogP contribution >= 0.6 is 15.9 Å². The van der Waals surface area contributed by atoms with Crippen LogP contribution in [0.15, 0.2) is 34.9 Å². The number of aliphatic hydroxyl groups is 1. The van der Waals surface area contributed by atoms with Gasteiger partial charge in [0.2, 0.25) is 0 Å². The number of rotatable bonds is 3. The second-order valence-corrected chi connectivity index (χ2v) is 4.94. The third-order valence-electron chi connectivity index (χ3n) is 2.68. The molecule has 2 rings (SSSR count). The minimum Gasteiger partial charge on any atom is -0.383 e. The Bertz CT molecular complexity index is 592. The molecule has 0 radical (unpaired) electrons. The van der Waals surface area contributed by atoms with E-state index in [1.54, 1.807) is 13.2 Å². The van der Waals surface area contributed by atoms with Gasteiger partial charge in [-0.05, 0) is 11.6 Å². The lowest BCUT2D eigenvalue weighted by molar-refractivity contribution is 0.100. The zero-order valence-electron chi connectivity index (χ0n) is 10.1. The number of aromatic nitrogens is 2. The van der Waals surface area contributed by atoms with Gasteiger partial charge in [0.1, 0.15) is 11.8 Å². The fraction of sp³-hybridized carbons (Fsp3) is 0.231. The molecular formula is C13H13BrN2O2. The lowest BCUT2D eigenvalue weighted by Crippen LogP contribution is -2.05. The normalized spacial score (nSPS) is 12.4. The second kappa shape index (κ2) is 5.04. The van der Waals surface area contributed by atoms with Crippen molar-refractivity contribution in [1.29, 1.82) is 0 Å². The molecule has 0 saturated carbocycles. The van der Waals surface area contributed by atoms with Crippen LogP contribution in [0.1, 0.15) is 34.6 Å². The lowest BCUT2D eigenvalue weighted by atomic mass is 10.0. The first-order chi connectivity index (χ1) is 8.50. The number of benzene rings is 1. The monoisotopic (exact) mass is 308 g/mol. The summed E-state index contributed by atoms with van der Waals surface area (Å²) in [6.07, 6.45) is 0.800. The van der Waals surface area contributed by atoms with Crippen LogP contribution in [0.4, 0.5) is 0 Å². The molecule has 1 N–H and O–H groups in total. The summed E-state index contributed by atoms with van der Waals surface area (Å²) in [5.74, 6) is -0.156. The fourth-order valence-corrected chi connectivity index (χ4v) is 2.35. The average Bonchev–Trinajstić information content (AvgIpc) is 2.71. The zero-order chi connectivity index (χ0) is 13.3. The van der Waals surface area contributed by atoms with Gasteiger partial charge < -0.3 is 5.11 Å². The van der Waals surface area contributed by atoms with Gasteiger partial charge in [0.25, 0.3) is 0 Å². The number of aryl methyl sites for hydroxylation is 1. The summed E-state index contributed by atoms with van der Waals surface area (Å²) in [6, 6.07) is 7.37. The van der Waals surface area contributed by atoms with E-state index in [-0.39, 0.29) is 5.78 Å². The molecule has 0 fully saturated rings. The molecule has 1 heterocycles. The van der Waals surface area contributed by atoms with E-state index in [0.29, 0.717) is 16.8 Å². The molecule has 2 aromatic rings. The highest BCUT2D eigenvalue weighted by atomic mass is 79.9. The number of Topliss-reactive ketones (excluding diaryl/α,β-unsaturated/α-hetero) is 1. The average molecular weight is 309 g/mol. The summed E-state index contributed by atoms with van der Waals surface area (Å²) in [4.78, 5) is 11.5. The molecule has 0 aliphatic heterocycles. The Morgan fingerprint density at radius 3 is 2.67 bits per heavy atom. The number of hydrogen-bond acceptors (Lipinski definition) is 3. The van der Waals surface area contributed by atoms with Crippen molar-refractivity contribution < 1.29 is 9.90 Å². The van der Waals surface area contributed by atoms with Gasteiger partial charge in [-0.25, -0.2) is 0 Å². The minimum atomic E-state index is -0.867. The molecule has 1 unspecified atom stereocenters. The van der Waals surface area contributed by atoms with Crippen molar-refractivity contribution in [3.8, 4) is 0 Å². The molecule has 0 amide bonds. The van der Waals surface area contributed by atoms with Crippen molar-refractivity contribution in [3.63, 3.8) is 0 Å². The summed E-state index contributed by atoms with van der Waals surface area (Å²) < 4.78 is 2.34. The first kappa shape index (κ1) is 13.0. The van der Waals surface area contributed by atoms with Gasteiger partial charge in [-0.1, -0.05) is 34.1 Å². The SMILES string of the molecule is CC(=O)c1nn(C)cc1C(O)c1ccccc1Br. The van der Waals surface area contributed by atoms with Crippen LogP contribution in [0, 0.1) is 0 Å². The molecular weight excluding hydrogens is 296 g/mol. The Hall–Kier alpha value is -1.46. The van der Waals surface area contributed by atoms with Gasteiger partial charge in [0, 0.05) is 30.2 Å². The molecule has 5 heteroatoms. The van der Waals surface area contributed by atoms with Gasteiger partial charge in [-0.3, -0.25) is 9.48 Å². The largest absolute Gasteiger partial charge is 0.383 e. The van der Waals surface area contributed by atoms with E-state index < -0.39 is 6.10 Å². The van der Waals surface area contributed by atoms with Crippen molar-refractivity contribution in [2.45, 2.75) is 13.0 Å². The van der Waals surface area contributed by atoms with E-state index >= 15 is 0 Å². The molecule has 0 aliphatic carbocycles. The van der Waals surface area contributed by atoms with E-state index in [9.17, 15) is 9.90 Å². The maximum atomic E-state index is 11.5. The number of halogens is 1. The maximum Gasteiger partial charge on any atom is 0.180 e. The van der Waals surface area contributed by atoms with Crippen LogP contribution in [-0.2, 0) is 7.05 Å². The van der Waals surface area contributed by atoms with Crippen LogP contribution in [-0.4, -0.2) is 20.7 Å². The van der Waals surface area contributed by atoms with Crippen LogP contribution in [0.3, 0.4) is 0 Å². The Balaban J connectivity index is 2.49. The quantitative estimate of drug-likeness (QED) is 0.886. The van der Waals surface area contributed by atoms with Crippen LogP contribution in [0.2, 0.25) is 0 Å². The number of nitrogens with zero attached hydrogens (tertiary/aromatic N) is 2. The molecule has 4 nitrogen and oxygen atoms in total. The third-order valence-corrected chi connectivity index (χ3v) is 3.41. The molecule has 1 atom stereocenters. The fourth-order valence-electron chi connectivity index (χ4n) is 1.84. The van der Waals surface area contributed by atoms with E-state index in [1.807, 2.05) is 24.3 Å². The van der Waals surface area contributed by atoms with Gasteiger partial charge in [0.15, 0.2) is 5.78 Å². The van der Waals surface area contributed by atoms with Gasteiger partial charge >= 0.3 is 0 Å². The number of carbonyl (C=O) groups excluding carboxylic acids is 1. The predicted octanol–water partition coefficient (Wildman–Crippen LogP) is 2.47. The molecule has 1 aromatic heterocycles. The Kier molecular flexibility index (Phi) is 3.63. The smallest absolute Gasteiger partial charge is 0.180 e. The Labute approximate surface area is 113 Å². The van der Waals surface area contributed by atoms with Crippen molar-refractivity contribution in [2.24, 2.45) is 7.05 Å². The van der Waals surface area contributed by atoms with Gasteiger partial charge in [0.05, 0.1) is 0 Å². The van der Waals surface area contributed by atoms with E-state index in [0.717, 1.165) is 4.47 Å². The Morgan fingerprint density at radius 1 is 1.39 bits per heavy atom. The van der Waals surface area contributed by atoms with Gasteiger partial charge in [-0.2, -0.15) is 5.10 Å². The van der Waals surface area contributed by atoms with Crippen molar-refractivity contribution >= 4 is 21.7 Å². The van der Waals surface area contributed by atoms with Crippen LogP contribution in [0.25, 0.3) is 0 Å². The molecule has 94 valence electrons. The van der Waals surface area contributed by atoms with Crippen molar-refractivity contribution in [3.05, 3.63) is 51.8 Å². The molecule has 0 spiro atoms. The highest BCUT2D eigenvalue weighted by Crippen LogP contribution is 2.29. The third kappa shape index (κ3) is 2.37. The van der Waals surface area contributed by atoms with Crippen LogP contribution in [0.5, 0.6) is 0 Å². The topological polar surface area (TPSA) is 55.1 Å².